The predicted octanol–water partition coefficient (Wildman–Crippen LogP) is 4.29. The number of rotatable bonds is 5. The molecule has 3 nitrogen and oxygen atoms in total. The number of benzene rings is 1. The summed E-state index contributed by atoms with van der Waals surface area (Å²) in [7, 11) is 0. The highest BCUT2D eigenvalue weighted by Crippen LogP contribution is 2.42. The van der Waals surface area contributed by atoms with Crippen LogP contribution in [-0.4, -0.2) is 33.5 Å². The van der Waals surface area contributed by atoms with Gasteiger partial charge in [0.15, 0.2) is 5.78 Å². The minimum Gasteiger partial charge on any atom is -0.391 e. The molecule has 0 saturated heterocycles. The number of thiophene rings is 1. The molecule has 0 radical (unpaired) electrons. The van der Waals surface area contributed by atoms with Crippen LogP contribution in [0.4, 0.5) is 0 Å². The molecule has 0 spiro atoms. The van der Waals surface area contributed by atoms with Crippen molar-refractivity contribution in [1.82, 2.24) is 0 Å². The number of aryl methyl sites for hydroxylation is 1. The normalized spacial score (nSPS) is 26.8. The van der Waals surface area contributed by atoms with Crippen LogP contribution in [0, 0.1) is 11.3 Å². The van der Waals surface area contributed by atoms with Crippen molar-refractivity contribution in [1.29, 1.82) is 0 Å². The van der Waals surface area contributed by atoms with Gasteiger partial charge in [-0.15, -0.1) is 11.3 Å². The smallest absolute Gasteiger partial charge is 0.154 e. The summed E-state index contributed by atoms with van der Waals surface area (Å²) in [4.78, 5) is 13.2. The lowest BCUT2D eigenvalue weighted by Gasteiger charge is -2.22. The Kier molecular flexibility index (Phi) is 5.85. The third-order valence-electron chi connectivity index (χ3n) is 5.20. The van der Waals surface area contributed by atoms with Crippen LogP contribution >= 0.6 is 35.6 Å². The highest BCUT2D eigenvalue weighted by atomic mass is 35.5. The number of carbonyl (C=O) groups is 1. The van der Waals surface area contributed by atoms with Crippen molar-refractivity contribution >= 4 is 51.4 Å². The molecular formula is C20H23ClO3S2. The summed E-state index contributed by atoms with van der Waals surface area (Å²) in [6.07, 6.45) is 3.13. The zero-order valence-electron chi connectivity index (χ0n) is 14.7. The molecule has 1 unspecified atom stereocenters. The van der Waals surface area contributed by atoms with Crippen molar-refractivity contribution in [2.75, 3.05) is 0 Å². The van der Waals surface area contributed by atoms with Crippen molar-refractivity contribution < 1.29 is 15.0 Å². The van der Waals surface area contributed by atoms with Crippen LogP contribution in [-0.2, 0) is 11.2 Å². The van der Waals surface area contributed by atoms with E-state index in [-0.39, 0.29) is 11.7 Å². The summed E-state index contributed by atoms with van der Waals surface area (Å²) in [5, 5.41) is 21.9. The fraction of sp³-hybridized carbons (Fsp3) is 0.450. The number of fused-ring (bicyclic) bond motifs is 1. The SMILES string of the molecule is CC1(C)C(=O)[C@H](S)[C@@H](/C=C/C(O)CCc2sc3ccccc3c2Cl)[C@@H]1O. The molecule has 1 saturated carbocycles. The van der Waals surface area contributed by atoms with Crippen molar-refractivity contribution in [3.63, 3.8) is 0 Å². The Balaban J connectivity index is 1.63. The summed E-state index contributed by atoms with van der Waals surface area (Å²) in [6.45, 7) is 3.47. The Morgan fingerprint density at radius 2 is 2.08 bits per heavy atom. The van der Waals surface area contributed by atoms with Gasteiger partial charge in [0.1, 0.15) is 0 Å². The van der Waals surface area contributed by atoms with Crippen LogP contribution in [0.3, 0.4) is 0 Å². The fourth-order valence-corrected chi connectivity index (χ4v) is 5.56. The lowest BCUT2D eigenvalue weighted by Crippen LogP contribution is -2.31. The maximum Gasteiger partial charge on any atom is 0.154 e. The van der Waals surface area contributed by atoms with Crippen molar-refractivity contribution in [3.8, 4) is 0 Å². The van der Waals surface area contributed by atoms with Crippen LogP contribution in [0.1, 0.15) is 25.1 Å². The quantitative estimate of drug-likeness (QED) is 0.509. The van der Waals surface area contributed by atoms with E-state index >= 15 is 0 Å². The average Bonchev–Trinajstić information content (AvgIpc) is 3.01. The van der Waals surface area contributed by atoms with Gasteiger partial charge < -0.3 is 10.2 Å². The molecule has 3 rings (SSSR count). The van der Waals surface area contributed by atoms with Gasteiger partial charge in [0.25, 0.3) is 0 Å². The molecule has 2 aromatic rings. The molecule has 0 aliphatic heterocycles. The Bertz CT molecular complexity index is 843. The summed E-state index contributed by atoms with van der Waals surface area (Å²) in [5.74, 6) is -0.446. The molecule has 26 heavy (non-hydrogen) atoms. The second-order valence-corrected chi connectivity index (χ2v) is 9.45. The summed E-state index contributed by atoms with van der Waals surface area (Å²) >= 11 is 12.4. The van der Waals surface area contributed by atoms with Gasteiger partial charge in [-0.05, 0) is 18.9 Å². The molecule has 1 aliphatic rings. The molecule has 4 atom stereocenters. The molecule has 2 N–H and O–H groups in total. The van der Waals surface area contributed by atoms with E-state index in [0.717, 1.165) is 20.0 Å². The largest absolute Gasteiger partial charge is 0.391 e. The average molecular weight is 411 g/mol. The molecule has 140 valence electrons. The first-order chi connectivity index (χ1) is 12.2. The second-order valence-electron chi connectivity index (χ2n) is 7.38. The molecule has 1 fully saturated rings. The number of aliphatic hydroxyl groups is 2. The van der Waals surface area contributed by atoms with E-state index in [1.165, 1.54) is 0 Å². The predicted molar refractivity (Wildman–Crippen MR) is 111 cm³/mol. The Morgan fingerprint density at radius 3 is 2.69 bits per heavy atom. The minimum absolute atomic E-state index is 0.0606. The van der Waals surface area contributed by atoms with E-state index < -0.39 is 22.9 Å². The first-order valence-electron chi connectivity index (χ1n) is 8.66. The van der Waals surface area contributed by atoms with E-state index in [0.29, 0.717) is 12.8 Å². The number of Topliss-reactive ketones (excluding diaryl/α,β-unsaturated/α-hetero) is 1. The maximum absolute atomic E-state index is 12.2. The minimum atomic E-state index is -0.809. The number of aliphatic hydroxyl groups excluding tert-OH is 2. The fourth-order valence-electron chi connectivity index (χ4n) is 3.42. The van der Waals surface area contributed by atoms with Gasteiger partial charge in [0, 0.05) is 20.9 Å². The molecule has 6 heteroatoms. The van der Waals surface area contributed by atoms with Gasteiger partial charge in [-0.3, -0.25) is 4.79 Å². The second kappa shape index (κ2) is 7.64. The van der Waals surface area contributed by atoms with Crippen LogP contribution < -0.4 is 0 Å². The van der Waals surface area contributed by atoms with E-state index in [1.807, 2.05) is 24.3 Å². The number of hydrogen-bond donors (Lipinski definition) is 3. The van der Waals surface area contributed by atoms with Crippen LogP contribution in [0.25, 0.3) is 10.1 Å². The molecular weight excluding hydrogens is 388 g/mol. The molecule has 0 bridgehead atoms. The zero-order valence-corrected chi connectivity index (χ0v) is 17.2. The first-order valence-corrected chi connectivity index (χ1v) is 10.4. The zero-order chi connectivity index (χ0) is 19.1. The van der Waals surface area contributed by atoms with Gasteiger partial charge in [-0.1, -0.05) is 55.8 Å². The Hall–Kier alpha value is -0.850. The van der Waals surface area contributed by atoms with Crippen LogP contribution in [0.15, 0.2) is 36.4 Å². The van der Waals surface area contributed by atoms with Crippen LogP contribution in [0.5, 0.6) is 0 Å². The molecule has 1 aromatic heterocycles. The topological polar surface area (TPSA) is 57.5 Å². The Labute approximate surface area is 168 Å². The van der Waals surface area contributed by atoms with Gasteiger partial charge in [0.05, 0.1) is 27.9 Å². The van der Waals surface area contributed by atoms with Crippen molar-refractivity contribution in [3.05, 3.63) is 46.3 Å². The van der Waals surface area contributed by atoms with Gasteiger partial charge in [0.2, 0.25) is 0 Å². The van der Waals surface area contributed by atoms with E-state index in [1.54, 1.807) is 37.3 Å². The van der Waals surface area contributed by atoms with E-state index in [2.05, 4.69) is 12.6 Å². The summed E-state index contributed by atoms with van der Waals surface area (Å²) < 4.78 is 1.14. The summed E-state index contributed by atoms with van der Waals surface area (Å²) in [5.41, 5.74) is -0.809. The van der Waals surface area contributed by atoms with Gasteiger partial charge >= 0.3 is 0 Å². The van der Waals surface area contributed by atoms with Crippen molar-refractivity contribution in [2.24, 2.45) is 11.3 Å². The first kappa shape index (κ1) is 19.9. The number of ketones is 1. The summed E-state index contributed by atoms with van der Waals surface area (Å²) in [6, 6.07) is 7.99. The highest BCUT2D eigenvalue weighted by Gasteiger charge is 2.52. The third kappa shape index (κ3) is 3.60. The molecule has 0 amide bonds. The third-order valence-corrected chi connectivity index (χ3v) is 7.55. The van der Waals surface area contributed by atoms with E-state index in [9.17, 15) is 15.0 Å². The lowest BCUT2D eigenvalue weighted by molar-refractivity contribution is -0.126. The Morgan fingerprint density at radius 1 is 1.38 bits per heavy atom. The molecule has 1 heterocycles. The van der Waals surface area contributed by atoms with Gasteiger partial charge in [-0.2, -0.15) is 12.6 Å². The molecule has 1 aromatic carbocycles. The number of hydrogen-bond acceptors (Lipinski definition) is 5. The standard InChI is InChI=1S/C20H23ClO3S2/c1-20(2)18(23)13(17(25)19(20)24)9-7-11(22)8-10-15-16(21)12-5-3-4-6-14(12)26-15/h3-7,9,11,13,17-18,22-23,25H,8,10H2,1-2H3/b9-7+/t11?,13-,17-,18+/m1/s1. The van der Waals surface area contributed by atoms with Crippen LogP contribution in [0.2, 0.25) is 5.02 Å². The monoisotopic (exact) mass is 410 g/mol. The molecule has 1 aliphatic carbocycles. The number of carbonyl (C=O) groups excluding carboxylic acids is 1. The number of thiol groups is 1. The highest BCUT2D eigenvalue weighted by molar-refractivity contribution is 7.81. The van der Waals surface area contributed by atoms with E-state index in [4.69, 9.17) is 11.6 Å². The lowest BCUT2D eigenvalue weighted by atomic mass is 9.86. The van der Waals surface area contributed by atoms with Gasteiger partial charge in [-0.25, -0.2) is 0 Å². The van der Waals surface area contributed by atoms with Crippen molar-refractivity contribution in [2.45, 2.75) is 44.1 Å². The maximum atomic E-state index is 12.2. The number of halogens is 1.